The zero-order chi connectivity index (χ0) is 10.4. The molecule has 4 heteroatoms. The largest absolute Gasteiger partial charge is 0.354 e. The summed E-state index contributed by atoms with van der Waals surface area (Å²) in [5.41, 5.74) is 0. The number of aromatic nitrogens is 3. The van der Waals surface area contributed by atoms with Gasteiger partial charge in [0.1, 0.15) is 0 Å². The van der Waals surface area contributed by atoms with Crippen LogP contribution in [-0.4, -0.2) is 21.3 Å². The van der Waals surface area contributed by atoms with Crippen LogP contribution in [0.15, 0.2) is 0 Å². The van der Waals surface area contributed by atoms with Crippen molar-refractivity contribution in [2.24, 2.45) is 5.92 Å². The first-order valence-electron chi connectivity index (χ1n) is 5.96. The molecule has 1 aliphatic carbocycles. The Morgan fingerprint density at radius 3 is 2.80 bits per heavy atom. The van der Waals surface area contributed by atoms with E-state index in [1.807, 2.05) is 0 Å². The van der Waals surface area contributed by atoms with Gasteiger partial charge in [0.05, 0.1) is 6.04 Å². The maximum atomic E-state index is 4.64. The van der Waals surface area contributed by atoms with Gasteiger partial charge in [0, 0.05) is 12.5 Å². The first kappa shape index (κ1) is 9.19. The van der Waals surface area contributed by atoms with Crippen LogP contribution in [0.1, 0.15) is 50.9 Å². The summed E-state index contributed by atoms with van der Waals surface area (Å²) < 4.78 is 2.14. The standard InChI is InChI=1S/C11H18N4/c1-7(2)10-13-11-12-6-5-9(8-3-4-8)15(11)14-10/h7-9H,3-6H2,1-2H3,(H,12,13,14). The normalized spacial score (nSPS) is 25.1. The molecular formula is C11H18N4. The van der Waals surface area contributed by atoms with Gasteiger partial charge in [-0.25, -0.2) is 4.68 Å². The second kappa shape index (κ2) is 3.22. The van der Waals surface area contributed by atoms with Gasteiger partial charge in [-0.2, -0.15) is 10.1 Å². The van der Waals surface area contributed by atoms with E-state index in [0.29, 0.717) is 12.0 Å². The minimum absolute atomic E-state index is 0.421. The van der Waals surface area contributed by atoms with Crippen LogP contribution in [0.4, 0.5) is 5.95 Å². The molecule has 0 amide bonds. The predicted molar refractivity (Wildman–Crippen MR) is 59.0 cm³/mol. The van der Waals surface area contributed by atoms with Crippen LogP contribution in [0.25, 0.3) is 0 Å². The lowest BCUT2D eigenvalue weighted by Gasteiger charge is -2.23. The van der Waals surface area contributed by atoms with Crippen molar-refractivity contribution in [2.75, 3.05) is 11.9 Å². The van der Waals surface area contributed by atoms with Crippen molar-refractivity contribution in [3.63, 3.8) is 0 Å². The van der Waals surface area contributed by atoms with Gasteiger partial charge in [-0.1, -0.05) is 13.8 Å². The van der Waals surface area contributed by atoms with Crippen LogP contribution in [0.3, 0.4) is 0 Å². The van der Waals surface area contributed by atoms with E-state index in [1.54, 1.807) is 0 Å². The Labute approximate surface area is 90.1 Å². The summed E-state index contributed by atoms with van der Waals surface area (Å²) in [7, 11) is 0. The number of rotatable bonds is 2. The fourth-order valence-electron chi connectivity index (χ4n) is 2.31. The number of anilines is 1. The number of nitrogens with zero attached hydrogens (tertiary/aromatic N) is 3. The van der Waals surface area contributed by atoms with Gasteiger partial charge in [0.25, 0.3) is 0 Å². The molecule has 82 valence electrons. The summed E-state index contributed by atoms with van der Waals surface area (Å²) in [6, 6.07) is 0.612. The minimum Gasteiger partial charge on any atom is -0.354 e. The summed E-state index contributed by atoms with van der Waals surface area (Å²) in [6.45, 7) is 5.35. The summed E-state index contributed by atoms with van der Waals surface area (Å²) in [5, 5.41) is 7.98. The van der Waals surface area contributed by atoms with Crippen LogP contribution in [0.2, 0.25) is 0 Å². The molecule has 0 bridgehead atoms. The average molecular weight is 206 g/mol. The molecule has 1 aromatic heterocycles. The molecular weight excluding hydrogens is 188 g/mol. The third-order valence-corrected chi connectivity index (χ3v) is 3.37. The smallest absolute Gasteiger partial charge is 0.221 e. The van der Waals surface area contributed by atoms with Gasteiger partial charge in [0.2, 0.25) is 5.95 Å². The molecule has 3 rings (SSSR count). The first-order chi connectivity index (χ1) is 7.25. The predicted octanol–water partition coefficient (Wildman–Crippen LogP) is 2.17. The van der Waals surface area contributed by atoms with Gasteiger partial charge in [0.15, 0.2) is 5.82 Å². The molecule has 1 atom stereocenters. The number of fused-ring (bicyclic) bond motifs is 1. The van der Waals surface area contributed by atoms with E-state index in [9.17, 15) is 0 Å². The van der Waals surface area contributed by atoms with Crippen LogP contribution in [-0.2, 0) is 0 Å². The van der Waals surface area contributed by atoms with Crippen LogP contribution >= 0.6 is 0 Å². The average Bonchev–Trinajstić information content (AvgIpc) is 2.95. The quantitative estimate of drug-likeness (QED) is 0.806. The molecule has 0 saturated heterocycles. The molecule has 4 nitrogen and oxygen atoms in total. The SMILES string of the molecule is CC(C)c1nc2n(n1)C(C1CC1)CCN2. The Morgan fingerprint density at radius 2 is 2.13 bits per heavy atom. The van der Waals surface area contributed by atoms with Gasteiger partial charge in [-0.05, 0) is 25.2 Å². The maximum absolute atomic E-state index is 4.64. The van der Waals surface area contributed by atoms with Crippen LogP contribution < -0.4 is 5.32 Å². The van der Waals surface area contributed by atoms with E-state index < -0.39 is 0 Å². The lowest BCUT2D eigenvalue weighted by atomic mass is 10.1. The van der Waals surface area contributed by atoms with Crippen molar-refractivity contribution in [2.45, 2.75) is 45.1 Å². The fraction of sp³-hybridized carbons (Fsp3) is 0.818. The molecule has 0 spiro atoms. The summed E-state index contributed by atoms with van der Waals surface area (Å²) in [5.74, 6) is 3.25. The monoisotopic (exact) mass is 206 g/mol. The highest BCUT2D eigenvalue weighted by Crippen LogP contribution is 2.43. The third kappa shape index (κ3) is 1.52. The zero-order valence-corrected chi connectivity index (χ0v) is 9.40. The highest BCUT2D eigenvalue weighted by molar-refractivity contribution is 5.29. The van der Waals surface area contributed by atoms with Gasteiger partial charge in [-0.15, -0.1) is 0 Å². The maximum Gasteiger partial charge on any atom is 0.221 e. The second-order valence-corrected chi connectivity index (χ2v) is 5.01. The molecule has 1 N–H and O–H groups in total. The van der Waals surface area contributed by atoms with E-state index in [4.69, 9.17) is 0 Å². The molecule has 1 unspecified atom stereocenters. The Hall–Kier alpha value is -1.06. The highest BCUT2D eigenvalue weighted by atomic mass is 15.4. The minimum atomic E-state index is 0.421. The lowest BCUT2D eigenvalue weighted by molar-refractivity contribution is 0.372. The summed E-state index contributed by atoms with van der Waals surface area (Å²) >= 11 is 0. The van der Waals surface area contributed by atoms with Crippen molar-refractivity contribution >= 4 is 5.95 Å². The molecule has 2 heterocycles. The molecule has 15 heavy (non-hydrogen) atoms. The van der Waals surface area contributed by atoms with Crippen LogP contribution in [0.5, 0.6) is 0 Å². The van der Waals surface area contributed by atoms with Crippen molar-refractivity contribution in [1.82, 2.24) is 14.8 Å². The van der Waals surface area contributed by atoms with Crippen molar-refractivity contribution in [3.05, 3.63) is 5.82 Å². The Morgan fingerprint density at radius 1 is 1.33 bits per heavy atom. The second-order valence-electron chi connectivity index (χ2n) is 5.01. The topological polar surface area (TPSA) is 42.7 Å². The van der Waals surface area contributed by atoms with Crippen molar-refractivity contribution in [1.29, 1.82) is 0 Å². The molecule has 1 aliphatic heterocycles. The fourth-order valence-corrected chi connectivity index (χ4v) is 2.31. The van der Waals surface area contributed by atoms with E-state index in [0.717, 1.165) is 24.2 Å². The summed E-state index contributed by atoms with van der Waals surface area (Å²) in [4.78, 5) is 4.55. The van der Waals surface area contributed by atoms with Crippen LogP contribution in [0, 0.1) is 5.92 Å². The molecule has 1 aromatic rings. The van der Waals surface area contributed by atoms with Gasteiger partial charge in [-0.3, -0.25) is 0 Å². The highest BCUT2D eigenvalue weighted by Gasteiger charge is 2.36. The summed E-state index contributed by atoms with van der Waals surface area (Å²) in [6.07, 6.45) is 3.96. The van der Waals surface area contributed by atoms with E-state index in [1.165, 1.54) is 19.3 Å². The van der Waals surface area contributed by atoms with E-state index >= 15 is 0 Å². The number of hydrogen-bond donors (Lipinski definition) is 1. The molecule has 0 radical (unpaired) electrons. The molecule has 0 aromatic carbocycles. The van der Waals surface area contributed by atoms with Crippen molar-refractivity contribution in [3.8, 4) is 0 Å². The Balaban J connectivity index is 1.95. The zero-order valence-electron chi connectivity index (χ0n) is 9.40. The van der Waals surface area contributed by atoms with Gasteiger partial charge < -0.3 is 5.32 Å². The van der Waals surface area contributed by atoms with E-state index in [2.05, 4.69) is 33.9 Å². The number of nitrogens with one attached hydrogen (secondary N) is 1. The Kier molecular flexibility index (Phi) is 1.97. The molecule has 1 saturated carbocycles. The van der Waals surface area contributed by atoms with Gasteiger partial charge >= 0.3 is 0 Å². The van der Waals surface area contributed by atoms with E-state index in [-0.39, 0.29) is 0 Å². The lowest BCUT2D eigenvalue weighted by Crippen LogP contribution is -2.25. The first-order valence-corrected chi connectivity index (χ1v) is 5.96. The molecule has 1 fully saturated rings. The van der Waals surface area contributed by atoms with Crippen molar-refractivity contribution < 1.29 is 0 Å². The number of hydrogen-bond acceptors (Lipinski definition) is 3. The Bertz CT molecular complexity index is 365. The molecule has 2 aliphatic rings. The third-order valence-electron chi connectivity index (χ3n) is 3.37.